The summed E-state index contributed by atoms with van der Waals surface area (Å²) in [5.41, 5.74) is 5.01. The Balaban J connectivity index is 1.70. The largest absolute Gasteiger partial charge is 0.292 e. The van der Waals surface area contributed by atoms with Crippen molar-refractivity contribution < 1.29 is 0 Å². The Hall–Kier alpha value is -2.68. The maximum atomic E-state index is 4.88. The predicted molar refractivity (Wildman–Crippen MR) is 123 cm³/mol. The van der Waals surface area contributed by atoms with Crippen LogP contribution in [0.1, 0.15) is 64.9 Å². The van der Waals surface area contributed by atoms with E-state index >= 15 is 0 Å². The normalized spacial score (nSPS) is 14.9. The van der Waals surface area contributed by atoms with Crippen LogP contribution in [0, 0.1) is 5.41 Å². The van der Waals surface area contributed by atoms with E-state index in [4.69, 9.17) is 4.98 Å². The molecule has 1 aromatic carbocycles. The van der Waals surface area contributed by atoms with Gasteiger partial charge in [-0.25, -0.2) is 4.98 Å². The summed E-state index contributed by atoms with van der Waals surface area (Å²) < 4.78 is 2.22. The smallest absolute Gasteiger partial charge is 0.137 e. The standard InChI is InChI=1S/C26H31N3/c1-5-15-26(4,6-2)17-19(3)20-13-14-24(28-18-20)29-22-11-8-7-10-21(22)25-23(29)12-9-16-27-25/h7-14,16,18-19H,5-6,15,17H2,1-4H3. The lowest BCUT2D eigenvalue weighted by molar-refractivity contribution is 0.241. The van der Waals surface area contributed by atoms with Crippen molar-refractivity contribution in [3.63, 3.8) is 0 Å². The first-order valence-corrected chi connectivity index (χ1v) is 10.9. The number of nitrogens with zero attached hydrogens (tertiary/aromatic N) is 3. The van der Waals surface area contributed by atoms with Crippen LogP contribution in [0.3, 0.4) is 0 Å². The highest BCUT2D eigenvalue weighted by Crippen LogP contribution is 2.38. The molecule has 29 heavy (non-hydrogen) atoms. The van der Waals surface area contributed by atoms with Crippen molar-refractivity contribution in [1.29, 1.82) is 0 Å². The molecule has 2 atom stereocenters. The van der Waals surface area contributed by atoms with Crippen LogP contribution in [0.2, 0.25) is 0 Å². The van der Waals surface area contributed by atoms with Gasteiger partial charge in [0.1, 0.15) is 5.82 Å². The van der Waals surface area contributed by atoms with Gasteiger partial charge in [-0.1, -0.05) is 64.8 Å². The monoisotopic (exact) mass is 385 g/mol. The number of pyridine rings is 2. The van der Waals surface area contributed by atoms with Crippen LogP contribution in [0.4, 0.5) is 0 Å². The first kappa shape index (κ1) is 19.6. The highest BCUT2D eigenvalue weighted by molar-refractivity contribution is 6.06. The zero-order valence-electron chi connectivity index (χ0n) is 18.0. The summed E-state index contributed by atoms with van der Waals surface area (Å²) in [7, 11) is 0. The minimum atomic E-state index is 0.408. The Morgan fingerprint density at radius 3 is 2.48 bits per heavy atom. The van der Waals surface area contributed by atoms with Crippen molar-refractivity contribution in [3.8, 4) is 5.82 Å². The summed E-state index contributed by atoms with van der Waals surface area (Å²) in [6, 6.07) is 17.0. The van der Waals surface area contributed by atoms with Crippen LogP contribution in [-0.2, 0) is 0 Å². The second kappa shape index (κ2) is 7.98. The number of rotatable bonds is 7. The van der Waals surface area contributed by atoms with Crippen LogP contribution in [-0.4, -0.2) is 14.5 Å². The van der Waals surface area contributed by atoms with E-state index in [9.17, 15) is 0 Å². The average Bonchev–Trinajstić information content (AvgIpc) is 3.08. The van der Waals surface area contributed by atoms with E-state index in [1.807, 2.05) is 12.3 Å². The molecule has 4 aromatic rings. The fourth-order valence-corrected chi connectivity index (χ4v) is 4.74. The van der Waals surface area contributed by atoms with Crippen LogP contribution >= 0.6 is 0 Å². The Kier molecular flexibility index (Phi) is 5.40. The van der Waals surface area contributed by atoms with Crippen molar-refractivity contribution in [2.45, 2.75) is 59.3 Å². The number of hydrogen-bond acceptors (Lipinski definition) is 2. The lowest BCUT2D eigenvalue weighted by Crippen LogP contribution is -2.18. The summed E-state index contributed by atoms with van der Waals surface area (Å²) >= 11 is 0. The number of benzene rings is 1. The number of fused-ring (bicyclic) bond motifs is 3. The number of hydrogen-bond donors (Lipinski definition) is 0. The first-order chi connectivity index (χ1) is 14.1. The van der Waals surface area contributed by atoms with E-state index in [0.29, 0.717) is 11.3 Å². The van der Waals surface area contributed by atoms with Gasteiger partial charge in [0.05, 0.1) is 16.6 Å². The molecule has 0 saturated heterocycles. The maximum Gasteiger partial charge on any atom is 0.137 e. The van der Waals surface area contributed by atoms with Crippen molar-refractivity contribution in [2.24, 2.45) is 5.41 Å². The molecule has 0 aliphatic heterocycles. The molecule has 3 aromatic heterocycles. The Morgan fingerprint density at radius 2 is 1.76 bits per heavy atom. The molecule has 0 fully saturated rings. The van der Waals surface area contributed by atoms with Gasteiger partial charge in [0.2, 0.25) is 0 Å². The van der Waals surface area contributed by atoms with Gasteiger partial charge in [-0.3, -0.25) is 9.55 Å². The molecule has 2 unspecified atom stereocenters. The molecular weight excluding hydrogens is 354 g/mol. The zero-order valence-corrected chi connectivity index (χ0v) is 18.0. The molecule has 0 aliphatic carbocycles. The molecule has 0 spiro atoms. The molecular formula is C26H31N3. The number of para-hydroxylation sites is 1. The summed E-state index contributed by atoms with van der Waals surface area (Å²) in [4.78, 5) is 9.50. The second-order valence-electron chi connectivity index (χ2n) is 8.69. The molecule has 3 heteroatoms. The van der Waals surface area contributed by atoms with Crippen LogP contribution < -0.4 is 0 Å². The molecule has 3 heterocycles. The lowest BCUT2D eigenvalue weighted by Gasteiger charge is -2.31. The second-order valence-corrected chi connectivity index (χ2v) is 8.69. The third-order valence-electron chi connectivity index (χ3n) is 6.50. The molecule has 0 aliphatic rings. The van der Waals surface area contributed by atoms with Gasteiger partial charge in [0, 0.05) is 17.8 Å². The van der Waals surface area contributed by atoms with Gasteiger partial charge in [-0.05, 0) is 54.0 Å². The van der Waals surface area contributed by atoms with Gasteiger partial charge >= 0.3 is 0 Å². The molecule has 150 valence electrons. The van der Waals surface area contributed by atoms with E-state index in [1.165, 1.54) is 36.6 Å². The highest BCUT2D eigenvalue weighted by Gasteiger charge is 2.24. The SMILES string of the molecule is CCCC(C)(CC)CC(C)c1ccc(-n2c3ccccc3c3ncccc32)nc1. The quantitative estimate of drug-likeness (QED) is 0.334. The minimum absolute atomic E-state index is 0.408. The van der Waals surface area contributed by atoms with E-state index in [-0.39, 0.29) is 0 Å². The lowest BCUT2D eigenvalue weighted by atomic mass is 9.74. The van der Waals surface area contributed by atoms with Gasteiger partial charge < -0.3 is 0 Å². The third-order valence-corrected chi connectivity index (χ3v) is 6.50. The minimum Gasteiger partial charge on any atom is -0.292 e. The van der Waals surface area contributed by atoms with E-state index in [2.05, 4.69) is 85.9 Å². The fourth-order valence-electron chi connectivity index (χ4n) is 4.74. The fraction of sp³-hybridized carbons (Fsp3) is 0.385. The van der Waals surface area contributed by atoms with Crippen LogP contribution in [0.15, 0.2) is 60.9 Å². The molecule has 0 radical (unpaired) electrons. The van der Waals surface area contributed by atoms with E-state index in [0.717, 1.165) is 22.4 Å². The van der Waals surface area contributed by atoms with Gasteiger partial charge in [0.15, 0.2) is 0 Å². The molecule has 3 nitrogen and oxygen atoms in total. The van der Waals surface area contributed by atoms with Crippen molar-refractivity contribution >= 4 is 21.9 Å². The molecule has 0 bridgehead atoms. The van der Waals surface area contributed by atoms with Crippen molar-refractivity contribution in [2.75, 3.05) is 0 Å². The maximum absolute atomic E-state index is 4.88. The predicted octanol–water partition coefficient (Wildman–Crippen LogP) is 7.28. The topological polar surface area (TPSA) is 30.7 Å². The van der Waals surface area contributed by atoms with Crippen LogP contribution in [0.25, 0.3) is 27.8 Å². The molecule has 0 amide bonds. The summed E-state index contributed by atoms with van der Waals surface area (Å²) in [6.07, 6.45) is 8.89. The van der Waals surface area contributed by atoms with Crippen molar-refractivity contribution in [1.82, 2.24) is 14.5 Å². The first-order valence-electron chi connectivity index (χ1n) is 10.9. The third kappa shape index (κ3) is 3.66. The Morgan fingerprint density at radius 1 is 0.966 bits per heavy atom. The summed E-state index contributed by atoms with van der Waals surface area (Å²) in [5.74, 6) is 1.46. The highest BCUT2D eigenvalue weighted by atomic mass is 15.1. The van der Waals surface area contributed by atoms with Crippen LogP contribution in [0.5, 0.6) is 0 Å². The summed E-state index contributed by atoms with van der Waals surface area (Å²) in [5, 5.41) is 1.17. The van der Waals surface area contributed by atoms with Gasteiger partial charge in [0.25, 0.3) is 0 Å². The Bertz CT molecular complexity index is 1060. The van der Waals surface area contributed by atoms with Crippen molar-refractivity contribution in [3.05, 3.63) is 66.5 Å². The zero-order chi connectivity index (χ0) is 20.4. The Labute approximate surface area is 173 Å². The molecule has 0 N–H and O–H groups in total. The van der Waals surface area contributed by atoms with Gasteiger partial charge in [-0.15, -0.1) is 0 Å². The van der Waals surface area contributed by atoms with E-state index in [1.54, 1.807) is 0 Å². The van der Waals surface area contributed by atoms with E-state index < -0.39 is 0 Å². The molecule has 4 rings (SSSR count). The van der Waals surface area contributed by atoms with Gasteiger partial charge in [-0.2, -0.15) is 0 Å². The molecule has 0 saturated carbocycles. The average molecular weight is 386 g/mol. The number of aromatic nitrogens is 3. The summed E-state index contributed by atoms with van der Waals surface area (Å²) in [6.45, 7) is 9.38.